The van der Waals surface area contributed by atoms with Gasteiger partial charge in [-0.3, -0.25) is 4.90 Å². The van der Waals surface area contributed by atoms with Crippen LogP contribution in [0.5, 0.6) is 5.75 Å². The van der Waals surface area contributed by atoms with Crippen LogP contribution in [-0.4, -0.2) is 32.1 Å². The molecule has 1 fully saturated rings. The normalized spacial score (nSPS) is 24.1. The largest absolute Gasteiger partial charge is 0.496 e. The number of benzene rings is 1. The maximum Gasteiger partial charge on any atom is 0.122 e. The highest BCUT2D eigenvalue weighted by molar-refractivity contribution is 5.44. The number of likely N-dealkylation sites (tertiary alicyclic amines) is 1. The molecule has 19 heavy (non-hydrogen) atoms. The van der Waals surface area contributed by atoms with Crippen molar-refractivity contribution < 1.29 is 4.74 Å². The monoisotopic (exact) mass is 262 g/mol. The van der Waals surface area contributed by atoms with Gasteiger partial charge in [-0.25, -0.2) is 0 Å². The smallest absolute Gasteiger partial charge is 0.122 e. The number of hydrogen-bond acceptors (Lipinski definition) is 3. The summed E-state index contributed by atoms with van der Waals surface area (Å²) in [6.45, 7) is 6.34. The predicted octanol–water partition coefficient (Wildman–Crippen LogP) is 2.77. The number of ether oxygens (including phenoxy) is 1. The number of methoxy groups -OCH3 is 1. The van der Waals surface area contributed by atoms with Crippen molar-refractivity contribution in [1.82, 2.24) is 4.90 Å². The van der Waals surface area contributed by atoms with Gasteiger partial charge in [0.15, 0.2) is 0 Å². The van der Waals surface area contributed by atoms with Crippen LogP contribution in [0.1, 0.15) is 43.4 Å². The summed E-state index contributed by atoms with van der Waals surface area (Å²) < 4.78 is 5.55. The lowest BCUT2D eigenvalue weighted by molar-refractivity contribution is 0.310. The van der Waals surface area contributed by atoms with Crippen molar-refractivity contribution in [2.45, 2.75) is 32.2 Å². The van der Waals surface area contributed by atoms with E-state index in [1.807, 2.05) is 0 Å². The van der Waals surface area contributed by atoms with E-state index in [0.29, 0.717) is 17.9 Å². The minimum Gasteiger partial charge on any atom is -0.496 e. The van der Waals surface area contributed by atoms with Crippen molar-refractivity contribution in [3.8, 4) is 5.75 Å². The van der Waals surface area contributed by atoms with Gasteiger partial charge in [0, 0.05) is 18.2 Å². The van der Waals surface area contributed by atoms with Crippen LogP contribution in [0.2, 0.25) is 0 Å². The van der Waals surface area contributed by atoms with E-state index in [4.69, 9.17) is 10.5 Å². The molecule has 1 aliphatic heterocycles. The summed E-state index contributed by atoms with van der Waals surface area (Å²) in [5.74, 6) is 2.09. The molecule has 0 aromatic heterocycles. The van der Waals surface area contributed by atoms with Crippen LogP contribution in [0.25, 0.3) is 0 Å². The fraction of sp³-hybridized carbons (Fsp3) is 0.625. The third kappa shape index (κ3) is 2.77. The molecule has 2 unspecified atom stereocenters. The summed E-state index contributed by atoms with van der Waals surface area (Å²) in [6.07, 6.45) is 1.15. The lowest BCUT2D eigenvalue weighted by atomic mass is 9.89. The Morgan fingerprint density at radius 3 is 2.68 bits per heavy atom. The highest BCUT2D eigenvalue weighted by atomic mass is 16.5. The van der Waals surface area contributed by atoms with E-state index in [-0.39, 0.29) is 0 Å². The van der Waals surface area contributed by atoms with Gasteiger partial charge in [0.05, 0.1) is 7.11 Å². The number of rotatable bonds is 4. The average molecular weight is 262 g/mol. The van der Waals surface area contributed by atoms with E-state index in [2.05, 4.69) is 44.0 Å². The van der Waals surface area contributed by atoms with Gasteiger partial charge in [0.1, 0.15) is 5.75 Å². The minimum atomic E-state index is 0.469. The van der Waals surface area contributed by atoms with Crippen molar-refractivity contribution in [3.05, 3.63) is 29.3 Å². The molecule has 1 aromatic rings. The molecule has 0 saturated carbocycles. The summed E-state index contributed by atoms with van der Waals surface area (Å²) in [6, 6.07) is 6.89. The predicted molar refractivity (Wildman–Crippen MR) is 79.6 cm³/mol. The molecule has 2 N–H and O–H groups in total. The van der Waals surface area contributed by atoms with Crippen molar-refractivity contribution >= 4 is 0 Å². The molecular formula is C16H26N2O. The van der Waals surface area contributed by atoms with Crippen molar-refractivity contribution in [2.75, 3.05) is 27.2 Å². The molecule has 0 spiro atoms. The van der Waals surface area contributed by atoms with Gasteiger partial charge in [-0.15, -0.1) is 0 Å². The molecule has 1 aromatic carbocycles. The molecule has 0 aliphatic carbocycles. The van der Waals surface area contributed by atoms with E-state index >= 15 is 0 Å². The van der Waals surface area contributed by atoms with Crippen molar-refractivity contribution in [3.63, 3.8) is 0 Å². The zero-order chi connectivity index (χ0) is 14.0. The Bertz CT molecular complexity index is 431. The average Bonchev–Trinajstić information content (AvgIpc) is 2.78. The first kappa shape index (κ1) is 14.4. The number of nitrogens with two attached hydrogens (primary N) is 1. The molecule has 1 saturated heterocycles. The first-order valence-electron chi connectivity index (χ1n) is 7.15. The van der Waals surface area contributed by atoms with Gasteiger partial charge in [-0.05, 0) is 43.5 Å². The van der Waals surface area contributed by atoms with E-state index < -0.39 is 0 Å². The van der Waals surface area contributed by atoms with Crippen molar-refractivity contribution in [1.29, 1.82) is 0 Å². The summed E-state index contributed by atoms with van der Waals surface area (Å²) in [5.41, 5.74) is 8.60. The van der Waals surface area contributed by atoms with Crippen LogP contribution in [0.3, 0.4) is 0 Å². The molecule has 2 atom stereocenters. The first-order chi connectivity index (χ1) is 9.08. The molecule has 0 amide bonds. The van der Waals surface area contributed by atoms with Crippen LogP contribution < -0.4 is 10.5 Å². The number of nitrogens with zero attached hydrogens (tertiary/aromatic N) is 1. The fourth-order valence-electron chi connectivity index (χ4n) is 3.29. The highest BCUT2D eigenvalue weighted by Crippen LogP contribution is 2.40. The lowest BCUT2D eigenvalue weighted by Gasteiger charge is -2.25. The Hall–Kier alpha value is -1.06. The first-order valence-corrected chi connectivity index (χ1v) is 7.15. The Labute approximate surface area is 116 Å². The molecule has 3 heteroatoms. The number of hydrogen-bond donors (Lipinski definition) is 1. The van der Waals surface area contributed by atoms with Gasteiger partial charge in [0.25, 0.3) is 0 Å². The quantitative estimate of drug-likeness (QED) is 0.907. The topological polar surface area (TPSA) is 38.5 Å². The standard InChI is InChI=1S/C16H26N2O/c1-11(2)16-13(6-5-7-15(16)19-4)14-8-12(9-17)10-18(14)3/h5-7,11-12,14H,8-10,17H2,1-4H3. The van der Waals surface area contributed by atoms with Gasteiger partial charge in [-0.1, -0.05) is 26.0 Å². The van der Waals surface area contributed by atoms with E-state index in [1.54, 1.807) is 7.11 Å². The maximum atomic E-state index is 5.84. The zero-order valence-corrected chi connectivity index (χ0v) is 12.5. The molecule has 2 rings (SSSR count). The van der Waals surface area contributed by atoms with E-state index in [9.17, 15) is 0 Å². The lowest BCUT2D eigenvalue weighted by Crippen LogP contribution is -2.21. The summed E-state index contributed by atoms with van der Waals surface area (Å²) in [4.78, 5) is 2.43. The van der Waals surface area contributed by atoms with Crippen LogP contribution in [-0.2, 0) is 0 Å². The van der Waals surface area contributed by atoms with Crippen LogP contribution in [0.15, 0.2) is 18.2 Å². The second kappa shape index (κ2) is 5.93. The Morgan fingerprint density at radius 1 is 1.42 bits per heavy atom. The van der Waals surface area contributed by atoms with Gasteiger partial charge in [0.2, 0.25) is 0 Å². The third-order valence-electron chi connectivity index (χ3n) is 4.22. The maximum absolute atomic E-state index is 5.84. The van der Waals surface area contributed by atoms with Crippen LogP contribution in [0, 0.1) is 5.92 Å². The molecule has 0 bridgehead atoms. The zero-order valence-electron chi connectivity index (χ0n) is 12.5. The van der Waals surface area contributed by atoms with Crippen LogP contribution >= 0.6 is 0 Å². The second-order valence-electron chi connectivity index (χ2n) is 5.91. The van der Waals surface area contributed by atoms with Gasteiger partial charge >= 0.3 is 0 Å². The van der Waals surface area contributed by atoms with Crippen LogP contribution in [0.4, 0.5) is 0 Å². The summed E-state index contributed by atoms with van der Waals surface area (Å²) in [7, 11) is 3.95. The molecule has 1 aliphatic rings. The second-order valence-corrected chi connectivity index (χ2v) is 5.91. The van der Waals surface area contributed by atoms with Gasteiger partial charge in [-0.2, -0.15) is 0 Å². The van der Waals surface area contributed by atoms with E-state index in [0.717, 1.165) is 25.3 Å². The molecule has 1 heterocycles. The Balaban J connectivity index is 2.39. The fourth-order valence-corrected chi connectivity index (χ4v) is 3.29. The molecule has 3 nitrogen and oxygen atoms in total. The molecule has 0 radical (unpaired) electrons. The Morgan fingerprint density at radius 2 is 2.16 bits per heavy atom. The van der Waals surface area contributed by atoms with Gasteiger partial charge < -0.3 is 10.5 Å². The molecule has 106 valence electrons. The summed E-state index contributed by atoms with van der Waals surface area (Å²) >= 11 is 0. The third-order valence-corrected chi connectivity index (χ3v) is 4.22. The highest BCUT2D eigenvalue weighted by Gasteiger charge is 2.32. The SMILES string of the molecule is COc1cccc(C2CC(CN)CN2C)c1C(C)C. The molecular weight excluding hydrogens is 236 g/mol. The summed E-state index contributed by atoms with van der Waals surface area (Å²) in [5, 5.41) is 0. The minimum absolute atomic E-state index is 0.469. The van der Waals surface area contributed by atoms with Crippen molar-refractivity contribution in [2.24, 2.45) is 11.7 Å². The van der Waals surface area contributed by atoms with E-state index in [1.165, 1.54) is 11.1 Å². The Kier molecular flexibility index (Phi) is 4.48.